The number of hydrogen-bond acceptors (Lipinski definition) is 5. The van der Waals surface area contributed by atoms with E-state index in [0.717, 1.165) is 44.4 Å². The minimum Gasteiger partial charge on any atom is -0.423 e. The van der Waals surface area contributed by atoms with E-state index in [-0.39, 0.29) is 18.0 Å². The molecule has 1 unspecified atom stereocenters. The highest BCUT2D eigenvalue weighted by molar-refractivity contribution is 5.91. The SMILES string of the molecule is O=C(Oc1ccc(F)c(F)c1)c1ccc(C2CCC(OCOCC3CO3)CC2)cc1. The lowest BCUT2D eigenvalue weighted by atomic mass is 9.82. The van der Waals surface area contributed by atoms with Crippen molar-refractivity contribution in [1.82, 2.24) is 0 Å². The molecule has 4 rings (SSSR count). The Morgan fingerprint density at radius 1 is 1.00 bits per heavy atom. The van der Waals surface area contributed by atoms with Crippen molar-refractivity contribution in [3.05, 3.63) is 65.2 Å². The number of ether oxygens (including phenoxy) is 4. The highest BCUT2D eigenvalue weighted by atomic mass is 19.2. The van der Waals surface area contributed by atoms with E-state index in [1.807, 2.05) is 12.1 Å². The van der Waals surface area contributed by atoms with Crippen molar-refractivity contribution >= 4 is 5.97 Å². The molecule has 2 aliphatic rings. The second kappa shape index (κ2) is 9.64. The molecule has 2 aromatic rings. The summed E-state index contributed by atoms with van der Waals surface area (Å²) in [5.41, 5.74) is 1.53. The summed E-state index contributed by atoms with van der Waals surface area (Å²) >= 11 is 0. The van der Waals surface area contributed by atoms with Crippen LogP contribution in [0.2, 0.25) is 0 Å². The number of hydrogen-bond donors (Lipinski definition) is 0. The Kier molecular flexibility index (Phi) is 6.72. The first-order valence-electron chi connectivity index (χ1n) is 10.2. The molecule has 1 saturated carbocycles. The fraction of sp³-hybridized carbons (Fsp3) is 0.435. The van der Waals surface area contributed by atoms with Crippen LogP contribution in [0.1, 0.15) is 47.5 Å². The molecule has 5 nitrogen and oxygen atoms in total. The average molecular weight is 418 g/mol. The molecule has 1 aliphatic heterocycles. The third-order valence-corrected chi connectivity index (χ3v) is 5.49. The minimum atomic E-state index is -1.06. The van der Waals surface area contributed by atoms with Gasteiger partial charge in [-0.2, -0.15) is 0 Å². The average Bonchev–Trinajstić information content (AvgIpc) is 3.59. The fourth-order valence-corrected chi connectivity index (χ4v) is 3.65. The number of benzene rings is 2. The molecule has 160 valence electrons. The number of rotatable bonds is 8. The fourth-order valence-electron chi connectivity index (χ4n) is 3.65. The van der Waals surface area contributed by atoms with E-state index in [4.69, 9.17) is 18.9 Å². The number of esters is 1. The monoisotopic (exact) mass is 418 g/mol. The number of carbonyl (C=O) groups excluding carboxylic acids is 1. The van der Waals surface area contributed by atoms with E-state index in [0.29, 0.717) is 24.9 Å². The van der Waals surface area contributed by atoms with Crippen molar-refractivity contribution in [2.24, 2.45) is 0 Å². The number of carbonyl (C=O) groups is 1. The molecular weight excluding hydrogens is 394 g/mol. The van der Waals surface area contributed by atoms with Crippen molar-refractivity contribution in [1.29, 1.82) is 0 Å². The van der Waals surface area contributed by atoms with Gasteiger partial charge in [0.15, 0.2) is 11.6 Å². The van der Waals surface area contributed by atoms with Crippen LogP contribution in [0, 0.1) is 11.6 Å². The minimum absolute atomic E-state index is 0.0325. The molecule has 1 aliphatic carbocycles. The third-order valence-electron chi connectivity index (χ3n) is 5.49. The molecule has 0 amide bonds. The van der Waals surface area contributed by atoms with Crippen LogP contribution in [0.25, 0.3) is 0 Å². The predicted octanol–water partition coefficient (Wildman–Crippen LogP) is 4.60. The van der Waals surface area contributed by atoms with E-state index in [1.165, 1.54) is 11.6 Å². The molecule has 0 radical (unpaired) electrons. The van der Waals surface area contributed by atoms with Crippen molar-refractivity contribution < 1.29 is 32.5 Å². The maximum Gasteiger partial charge on any atom is 0.343 e. The van der Waals surface area contributed by atoms with Gasteiger partial charge in [-0.15, -0.1) is 0 Å². The quantitative estimate of drug-likeness (QED) is 0.206. The third kappa shape index (κ3) is 5.62. The van der Waals surface area contributed by atoms with Gasteiger partial charge in [0, 0.05) is 6.07 Å². The normalized spacial score (nSPS) is 23.2. The Bertz CT molecular complexity index is 858. The molecule has 0 bridgehead atoms. The maximum atomic E-state index is 13.3. The summed E-state index contributed by atoms with van der Waals surface area (Å²) in [7, 11) is 0. The molecule has 0 aromatic heterocycles. The zero-order chi connectivity index (χ0) is 20.9. The van der Waals surface area contributed by atoms with Gasteiger partial charge >= 0.3 is 5.97 Å². The molecule has 1 heterocycles. The van der Waals surface area contributed by atoms with Gasteiger partial charge in [-0.25, -0.2) is 13.6 Å². The molecule has 0 spiro atoms. The van der Waals surface area contributed by atoms with Gasteiger partial charge in [0.1, 0.15) is 18.6 Å². The lowest BCUT2D eigenvalue weighted by Gasteiger charge is -2.28. The molecule has 0 N–H and O–H groups in total. The van der Waals surface area contributed by atoms with Crippen molar-refractivity contribution in [3.8, 4) is 5.75 Å². The summed E-state index contributed by atoms with van der Waals surface area (Å²) in [5.74, 6) is -2.27. The van der Waals surface area contributed by atoms with E-state index in [9.17, 15) is 13.6 Å². The first-order chi connectivity index (χ1) is 14.6. The largest absolute Gasteiger partial charge is 0.423 e. The lowest BCUT2D eigenvalue weighted by Crippen LogP contribution is -2.22. The van der Waals surface area contributed by atoms with Crippen LogP contribution in [0.3, 0.4) is 0 Å². The van der Waals surface area contributed by atoms with Crippen molar-refractivity contribution in [3.63, 3.8) is 0 Å². The molecule has 2 aromatic carbocycles. The summed E-state index contributed by atoms with van der Waals surface area (Å²) in [4.78, 5) is 12.2. The molecule has 1 atom stereocenters. The molecule has 1 saturated heterocycles. The first kappa shape index (κ1) is 20.9. The Balaban J connectivity index is 1.24. The van der Waals surface area contributed by atoms with E-state index < -0.39 is 17.6 Å². The molecule has 2 fully saturated rings. The Morgan fingerprint density at radius 2 is 1.73 bits per heavy atom. The van der Waals surface area contributed by atoms with Crippen LogP contribution in [0.5, 0.6) is 5.75 Å². The molecule has 30 heavy (non-hydrogen) atoms. The Hall–Kier alpha value is -2.35. The molecular formula is C23H24F2O5. The standard InChI is InChI=1S/C23H24F2O5/c24-21-10-9-19(11-22(21)25)30-23(26)17-3-1-15(2-4-17)16-5-7-18(8-6-16)29-14-27-12-20-13-28-20/h1-4,9-11,16,18,20H,5-8,12-14H2. The first-order valence-corrected chi connectivity index (χ1v) is 10.2. The summed E-state index contributed by atoms with van der Waals surface area (Å²) in [6.45, 7) is 1.69. The van der Waals surface area contributed by atoms with Gasteiger partial charge in [-0.05, 0) is 61.4 Å². The van der Waals surface area contributed by atoms with Crippen LogP contribution in [-0.2, 0) is 14.2 Å². The van der Waals surface area contributed by atoms with Gasteiger partial charge in [0.05, 0.1) is 24.9 Å². The van der Waals surface area contributed by atoms with Crippen molar-refractivity contribution in [2.75, 3.05) is 20.0 Å². The van der Waals surface area contributed by atoms with Crippen LogP contribution >= 0.6 is 0 Å². The number of halogens is 2. The zero-order valence-electron chi connectivity index (χ0n) is 16.5. The summed E-state index contributed by atoms with van der Waals surface area (Å²) in [6, 6.07) is 10.2. The highest BCUT2D eigenvalue weighted by Crippen LogP contribution is 2.34. The van der Waals surface area contributed by atoms with E-state index >= 15 is 0 Å². The predicted molar refractivity (Wildman–Crippen MR) is 104 cm³/mol. The Morgan fingerprint density at radius 3 is 2.40 bits per heavy atom. The van der Waals surface area contributed by atoms with Gasteiger partial charge < -0.3 is 18.9 Å². The van der Waals surface area contributed by atoms with Crippen molar-refractivity contribution in [2.45, 2.75) is 43.8 Å². The van der Waals surface area contributed by atoms with Crippen LogP contribution in [-0.4, -0.2) is 38.2 Å². The summed E-state index contributed by atoms with van der Waals surface area (Å²) in [5, 5.41) is 0. The second-order valence-corrected chi connectivity index (χ2v) is 7.67. The van der Waals surface area contributed by atoms with E-state index in [1.54, 1.807) is 12.1 Å². The topological polar surface area (TPSA) is 57.3 Å². The van der Waals surface area contributed by atoms with E-state index in [2.05, 4.69) is 0 Å². The summed E-state index contributed by atoms with van der Waals surface area (Å²) < 4.78 is 47.6. The zero-order valence-corrected chi connectivity index (χ0v) is 16.5. The number of epoxide rings is 1. The van der Waals surface area contributed by atoms with Crippen LogP contribution in [0.4, 0.5) is 8.78 Å². The smallest absolute Gasteiger partial charge is 0.343 e. The van der Waals surface area contributed by atoms with Gasteiger partial charge in [0.2, 0.25) is 0 Å². The molecule has 7 heteroatoms. The summed E-state index contributed by atoms with van der Waals surface area (Å²) in [6.07, 6.45) is 4.42. The van der Waals surface area contributed by atoms with Gasteiger partial charge in [-0.1, -0.05) is 12.1 Å². The second-order valence-electron chi connectivity index (χ2n) is 7.67. The highest BCUT2D eigenvalue weighted by Gasteiger charge is 2.25. The maximum absolute atomic E-state index is 13.3. The van der Waals surface area contributed by atoms with Gasteiger partial charge in [0.25, 0.3) is 0 Å². The van der Waals surface area contributed by atoms with Crippen LogP contribution in [0.15, 0.2) is 42.5 Å². The Labute approximate surface area is 173 Å². The van der Waals surface area contributed by atoms with Gasteiger partial charge in [-0.3, -0.25) is 0 Å². The lowest BCUT2D eigenvalue weighted by molar-refractivity contribution is -0.102. The van der Waals surface area contributed by atoms with Crippen LogP contribution < -0.4 is 4.74 Å².